The van der Waals surface area contributed by atoms with Gasteiger partial charge in [-0.2, -0.15) is 0 Å². The van der Waals surface area contributed by atoms with Crippen LogP contribution in [0, 0.1) is 0 Å². The van der Waals surface area contributed by atoms with Gasteiger partial charge in [-0.25, -0.2) is 0 Å². The highest BCUT2D eigenvalue weighted by Crippen LogP contribution is 2.45. The Morgan fingerprint density at radius 1 is 0.500 bits per heavy atom. The highest BCUT2D eigenvalue weighted by atomic mass is 16.3. The molecule has 0 fully saturated rings. The first kappa shape index (κ1) is 12.7. The molecule has 0 aliphatic rings. The molecule has 0 aliphatic carbocycles. The summed E-state index contributed by atoms with van der Waals surface area (Å²) in [5.41, 5.74) is 1.93. The largest absolute Gasteiger partial charge is 0.507 e. The van der Waals surface area contributed by atoms with Crippen molar-refractivity contribution in [2.45, 2.75) is 0 Å². The van der Waals surface area contributed by atoms with Crippen molar-refractivity contribution in [3.05, 3.63) is 72.8 Å². The first-order valence-electron chi connectivity index (χ1n) is 7.18. The molecule has 0 aliphatic heterocycles. The summed E-state index contributed by atoms with van der Waals surface area (Å²) >= 11 is 0. The smallest absolute Gasteiger partial charge is 0.132 e. The zero-order valence-electron chi connectivity index (χ0n) is 11.8. The average Bonchev–Trinajstić information content (AvgIpc) is 2.60. The molecule has 4 rings (SSSR count). The molecule has 0 atom stereocenters. The number of phenols is 2. The molecule has 4 aromatic carbocycles. The maximum Gasteiger partial charge on any atom is 0.132 e. The van der Waals surface area contributed by atoms with E-state index >= 15 is 0 Å². The Balaban J connectivity index is 2.22. The predicted molar refractivity (Wildman–Crippen MR) is 90.2 cm³/mol. The lowest BCUT2D eigenvalue weighted by Crippen LogP contribution is -1.85. The number of hydrogen-bond donors (Lipinski definition) is 2. The summed E-state index contributed by atoms with van der Waals surface area (Å²) in [6, 6.07) is 22.9. The van der Waals surface area contributed by atoms with Crippen LogP contribution in [0.15, 0.2) is 72.8 Å². The molecule has 2 N–H and O–H groups in total. The van der Waals surface area contributed by atoms with Crippen molar-refractivity contribution in [3.8, 4) is 22.6 Å². The third-order valence-electron chi connectivity index (χ3n) is 4.08. The van der Waals surface area contributed by atoms with Crippen LogP contribution in [0.1, 0.15) is 0 Å². The van der Waals surface area contributed by atoms with Gasteiger partial charge < -0.3 is 10.2 Å². The summed E-state index contributed by atoms with van der Waals surface area (Å²) in [6.45, 7) is 0. The van der Waals surface area contributed by atoms with Gasteiger partial charge in [0, 0.05) is 21.5 Å². The second-order valence-corrected chi connectivity index (χ2v) is 5.34. The van der Waals surface area contributed by atoms with Crippen molar-refractivity contribution >= 4 is 21.5 Å². The van der Waals surface area contributed by atoms with Crippen LogP contribution in [-0.2, 0) is 0 Å². The van der Waals surface area contributed by atoms with Gasteiger partial charge in [0.15, 0.2) is 0 Å². The number of rotatable bonds is 1. The molecule has 0 unspecified atom stereocenters. The summed E-state index contributed by atoms with van der Waals surface area (Å²) in [4.78, 5) is 0. The number of aromatic hydroxyl groups is 2. The van der Waals surface area contributed by atoms with Crippen molar-refractivity contribution in [1.29, 1.82) is 0 Å². The van der Waals surface area contributed by atoms with Gasteiger partial charge in [0.1, 0.15) is 11.5 Å². The minimum absolute atomic E-state index is 0.209. The van der Waals surface area contributed by atoms with Crippen LogP contribution in [0.25, 0.3) is 32.7 Å². The second kappa shape index (κ2) is 4.78. The third kappa shape index (κ3) is 1.74. The summed E-state index contributed by atoms with van der Waals surface area (Å²) < 4.78 is 0. The van der Waals surface area contributed by atoms with Crippen molar-refractivity contribution in [2.75, 3.05) is 0 Å². The highest BCUT2D eigenvalue weighted by molar-refractivity contribution is 6.15. The van der Waals surface area contributed by atoms with E-state index in [1.54, 1.807) is 0 Å². The van der Waals surface area contributed by atoms with Gasteiger partial charge >= 0.3 is 0 Å². The molecule has 106 valence electrons. The molecule has 0 radical (unpaired) electrons. The van der Waals surface area contributed by atoms with E-state index in [0.29, 0.717) is 21.5 Å². The Bertz CT molecular complexity index is 989. The predicted octanol–water partition coefficient (Wildman–Crippen LogP) is 5.07. The van der Waals surface area contributed by atoms with Crippen LogP contribution in [-0.4, -0.2) is 10.2 Å². The van der Waals surface area contributed by atoms with Crippen LogP contribution in [0.5, 0.6) is 11.5 Å². The first-order valence-corrected chi connectivity index (χ1v) is 7.18. The van der Waals surface area contributed by atoms with Gasteiger partial charge in [-0.1, -0.05) is 72.8 Å². The van der Waals surface area contributed by atoms with E-state index in [9.17, 15) is 10.2 Å². The lowest BCUT2D eigenvalue weighted by molar-refractivity contribution is 0.478. The van der Waals surface area contributed by atoms with Crippen molar-refractivity contribution < 1.29 is 10.2 Å². The normalized spacial score (nSPS) is 11.1. The Morgan fingerprint density at radius 2 is 1.09 bits per heavy atom. The topological polar surface area (TPSA) is 40.5 Å². The molecule has 2 nitrogen and oxygen atoms in total. The van der Waals surface area contributed by atoms with E-state index in [1.807, 2.05) is 72.8 Å². The van der Waals surface area contributed by atoms with Gasteiger partial charge in [-0.15, -0.1) is 0 Å². The Labute approximate surface area is 127 Å². The van der Waals surface area contributed by atoms with Gasteiger partial charge in [0.05, 0.1) is 0 Å². The zero-order valence-corrected chi connectivity index (χ0v) is 11.8. The van der Waals surface area contributed by atoms with E-state index in [-0.39, 0.29) is 11.5 Å². The summed E-state index contributed by atoms with van der Waals surface area (Å²) in [6.07, 6.45) is 0. The quantitative estimate of drug-likeness (QED) is 0.379. The molecule has 0 heterocycles. The first-order chi connectivity index (χ1) is 10.8. The minimum Gasteiger partial charge on any atom is -0.507 e. The van der Waals surface area contributed by atoms with E-state index < -0.39 is 0 Å². The van der Waals surface area contributed by atoms with E-state index in [0.717, 1.165) is 11.1 Å². The SMILES string of the molecule is Oc1c2ccccc2c(O)c2c(-c3ccccc3)cccc12. The summed E-state index contributed by atoms with van der Waals surface area (Å²) in [5, 5.41) is 24.0. The molecule has 4 aromatic rings. The molecule has 0 saturated heterocycles. The Hall–Kier alpha value is -3.00. The van der Waals surface area contributed by atoms with Crippen molar-refractivity contribution in [2.24, 2.45) is 0 Å². The summed E-state index contributed by atoms with van der Waals surface area (Å²) in [5.74, 6) is 0.420. The lowest BCUT2D eigenvalue weighted by Gasteiger charge is -2.13. The molecule has 0 spiro atoms. The van der Waals surface area contributed by atoms with Gasteiger partial charge in [-0.05, 0) is 11.1 Å². The maximum absolute atomic E-state index is 10.8. The number of hydrogen-bond acceptors (Lipinski definition) is 2. The molecule has 2 heteroatoms. The van der Waals surface area contributed by atoms with Crippen LogP contribution < -0.4 is 0 Å². The van der Waals surface area contributed by atoms with E-state index in [4.69, 9.17) is 0 Å². The van der Waals surface area contributed by atoms with Crippen LogP contribution >= 0.6 is 0 Å². The third-order valence-corrected chi connectivity index (χ3v) is 4.08. The molecule has 0 aromatic heterocycles. The fourth-order valence-electron chi connectivity index (χ4n) is 3.04. The van der Waals surface area contributed by atoms with E-state index in [1.165, 1.54) is 0 Å². The van der Waals surface area contributed by atoms with Gasteiger partial charge in [0.25, 0.3) is 0 Å². The van der Waals surface area contributed by atoms with Crippen molar-refractivity contribution in [3.63, 3.8) is 0 Å². The van der Waals surface area contributed by atoms with Crippen molar-refractivity contribution in [1.82, 2.24) is 0 Å². The highest BCUT2D eigenvalue weighted by Gasteiger charge is 2.15. The number of benzene rings is 4. The van der Waals surface area contributed by atoms with Crippen LogP contribution in [0.4, 0.5) is 0 Å². The van der Waals surface area contributed by atoms with E-state index in [2.05, 4.69) is 0 Å². The molecular weight excluding hydrogens is 272 g/mol. The van der Waals surface area contributed by atoms with Gasteiger partial charge in [-0.3, -0.25) is 0 Å². The molecule has 0 bridgehead atoms. The Morgan fingerprint density at radius 3 is 1.82 bits per heavy atom. The minimum atomic E-state index is 0.209. The van der Waals surface area contributed by atoms with Gasteiger partial charge in [0.2, 0.25) is 0 Å². The maximum atomic E-state index is 10.8. The number of phenolic OH excluding ortho intramolecular Hbond substituents is 2. The molecule has 0 amide bonds. The Kier molecular flexibility index (Phi) is 2.76. The van der Waals surface area contributed by atoms with Crippen LogP contribution in [0.2, 0.25) is 0 Å². The average molecular weight is 286 g/mol. The molecule has 22 heavy (non-hydrogen) atoms. The standard InChI is InChI=1S/C20H14O2/c21-19-15-9-4-5-10-16(15)20(22)18-14(11-6-12-17(18)19)13-7-2-1-3-8-13/h1-12,21-22H. The second-order valence-electron chi connectivity index (χ2n) is 5.34. The number of fused-ring (bicyclic) bond motifs is 2. The lowest BCUT2D eigenvalue weighted by atomic mass is 9.94. The zero-order chi connectivity index (χ0) is 15.1. The summed E-state index contributed by atoms with van der Waals surface area (Å²) in [7, 11) is 0. The fraction of sp³-hybridized carbons (Fsp3) is 0. The fourth-order valence-corrected chi connectivity index (χ4v) is 3.04. The molecular formula is C20H14O2. The monoisotopic (exact) mass is 286 g/mol. The van der Waals surface area contributed by atoms with Crippen LogP contribution in [0.3, 0.4) is 0 Å². The molecule has 0 saturated carbocycles.